The van der Waals surface area contributed by atoms with Crippen LogP contribution >= 0.6 is 7.60 Å². The highest BCUT2D eigenvalue weighted by Gasteiger charge is 2.14. The van der Waals surface area contributed by atoms with Crippen LogP contribution in [0.4, 0.5) is 0 Å². The molecule has 0 aromatic heterocycles. The minimum atomic E-state index is -3.31. The van der Waals surface area contributed by atoms with Gasteiger partial charge in [-0.2, -0.15) is 5.48 Å². The molecule has 0 spiro atoms. The van der Waals surface area contributed by atoms with Crippen molar-refractivity contribution in [2.24, 2.45) is 0 Å². The molecule has 0 aliphatic heterocycles. The number of rotatable bonds is 5. The van der Waals surface area contributed by atoms with Crippen molar-refractivity contribution < 1.29 is 14.1 Å². The van der Waals surface area contributed by atoms with E-state index in [9.17, 15) is 4.57 Å². The fourth-order valence-corrected chi connectivity index (χ4v) is 0.735. The molecule has 0 rings (SSSR count). The van der Waals surface area contributed by atoms with Crippen molar-refractivity contribution in [2.45, 2.75) is 20.3 Å². The molecule has 1 atom stereocenters. The van der Waals surface area contributed by atoms with Gasteiger partial charge in [-0.15, -0.1) is 0 Å². The molecule has 0 bridgehead atoms. The smallest absolute Gasteiger partial charge is 0.323 e. The van der Waals surface area contributed by atoms with Gasteiger partial charge in [0, 0.05) is 12.7 Å². The summed E-state index contributed by atoms with van der Waals surface area (Å²) in [6.07, 6.45) is 1.02. The molecule has 62 valence electrons. The van der Waals surface area contributed by atoms with E-state index in [0.717, 1.165) is 6.42 Å². The van der Waals surface area contributed by atoms with Gasteiger partial charge in [-0.1, -0.05) is 13.8 Å². The van der Waals surface area contributed by atoms with Gasteiger partial charge >= 0.3 is 7.60 Å². The topological polar surface area (TPSA) is 58.6 Å². The molecule has 0 fully saturated rings. The molecule has 0 aromatic carbocycles. The Morgan fingerprint density at radius 3 is 2.60 bits per heavy atom. The van der Waals surface area contributed by atoms with Crippen LogP contribution in [0.2, 0.25) is 0 Å². The van der Waals surface area contributed by atoms with Crippen molar-refractivity contribution in [3.8, 4) is 0 Å². The standard InChI is InChI=1S/C5H14NO3P/c1-3-5-6-9-10(7,8)4-2/h6H,3-5H2,1-2H3,(H,7,8). The van der Waals surface area contributed by atoms with E-state index < -0.39 is 7.60 Å². The lowest BCUT2D eigenvalue weighted by Gasteiger charge is -2.08. The van der Waals surface area contributed by atoms with Crippen LogP contribution in [0, 0.1) is 0 Å². The summed E-state index contributed by atoms with van der Waals surface area (Å²) >= 11 is 0. The van der Waals surface area contributed by atoms with Crippen molar-refractivity contribution in [3.05, 3.63) is 0 Å². The predicted molar refractivity (Wildman–Crippen MR) is 39.7 cm³/mol. The molecule has 5 heteroatoms. The molecule has 2 N–H and O–H groups in total. The molecule has 1 unspecified atom stereocenters. The minimum Gasteiger partial charge on any atom is -0.323 e. The van der Waals surface area contributed by atoms with Crippen LogP contribution in [0.1, 0.15) is 20.3 Å². The van der Waals surface area contributed by atoms with Gasteiger partial charge in [0.05, 0.1) is 0 Å². The van der Waals surface area contributed by atoms with Crippen molar-refractivity contribution in [3.63, 3.8) is 0 Å². The Kier molecular flexibility index (Phi) is 4.91. The van der Waals surface area contributed by atoms with Crippen LogP contribution in [0.15, 0.2) is 0 Å². The van der Waals surface area contributed by atoms with Gasteiger partial charge in [-0.3, -0.25) is 4.57 Å². The second-order valence-corrected chi connectivity index (χ2v) is 4.03. The normalized spacial score (nSPS) is 16.7. The Morgan fingerprint density at radius 2 is 2.20 bits per heavy atom. The number of hydrogen-bond donors (Lipinski definition) is 2. The van der Waals surface area contributed by atoms with E-state index in [1.165, 1.54) is 0 Å². The fraction of sp³-hybridized carbons (Fsp3) is 1.00. The summed E-state index contributed by atoms with van der Waals surface area (Å²) in [6.45, 7) is 4.16. The first kappa shape index (κ1) is 10.1. The summed E-state index contributed by atoms with van der Waals surface area (Å²) in [7, 11) is -3.31. The third kappa shape index (κ3) is 4.94. The summed E-state index contributed by atoms with van der Waals surface area (Å²) in [5.41, 5.74) is 2.41. The molecule has 0 saturated carbocycles. The Balaban J connectivity index is 3.38. The van der Waals surface area contributed by atoms with E-state index in [4.69, 9.17) is 4.89 Å². The SMILES string of the molecule is CCCNOP(=O)(O)CC. The molecule has 0 saturated heterocycles. The van der Waals surface area contributed by atoms with Crippen LogP contribution in [-0.4, -0.2) is 17.6 Å². The maximum atomic E-state index is 10.7. The summed E-state index contributed by atoms with van der Waals surface area (Å²) in [5, 5.41) is 0. The molecule has 0 aliphatic rings. The first-order chi connectivity index (χ1) is 4.62. The van der Waals surface area contributed by atoms with Gasteiger partial charge in [0.25, 0.3) is 0 Å². The van der Waals surface area contributed by atoms with E-state index in [2.05, 4.69) is 10.1 Å². The Labute approximate surface area is 61.1 Å². The average molecular weight is 167 g/mol. The van der Waals surface area contributed by atoms with E-state index in [-0.39, 0.29) is 6.16 Å². The molecule has 0 aromatic rings. The average Bonchev–Trinajstić information content (AvgIpc) is 1.89. The lowest BCUT2D eigenvalue weighted by atomic mass is 10.5. The first-order valence-electron chi connectivity index (χ1n) is 3.35. The zero-order chi connectivity index (χ0) is 8.04. The van der Waals surface area contributed by atoms with Crippen molar-refractivity contribution in [2.75, 3.05) is 12.7 Å². The van der Waals surface area contributed by atoms with E-state index in [1.807, 2.05) is 6.92 Å². The molecule has 0 radical (unpaired) electrons. The van der Waals surface area contributed by atoms with Crippen molar-refractivity contribution in [1.82, 2.24) is 5.48 Å². The third-order valence-electron chi connectivity index (χ3n) is 0.959. The van der Waals surface area contributed by atoms with E-state index in [1.54, 1.807) is 6.92 Å². The van der Waals surface area contributed by atoms with Crippen molar-refractivity contribution in [1.29, 1.82) is 0 Å². The molecular formula is C5H14NO3P. The zero-order valence-electron chi connectivity index (χ0n) is 6.33. The Hall–Kier alpha value is 0.110. The summed E-state index contributed by atoms with van der Waals surface area (Å²) in [6, 6.07) is 0. The second-order valence-electron chi connectivity index (χ2n) is 1.94. The minimum absolute atomic E-state index is 0.143. The van der Waals surface area contributed by atoms with Gasteiger partial charge in [-0.25, -0.2) is 4.62 Å². The number of hydroxylamine groups is 1. The zero-order valence-corrected chi connectivity index (χ0v) is 7.23. The molecule has 0 heterocycles. The summed E-state index contributed by atoms with van der Waals surface area (Å²) in [5.74, 6) is 0. The molecule has 0 aliphatic carbocycles. The number of hydrogen-bond acceptors (Lipinski definition) is 3. The van der Waals surface area contributed by atoms with Gasteiger partial charge in [0.15, 0.2) is 0 Å². The van der Waals surface area contributed by atoms with Gasteiger partial charge in [-0.05, 0) is 6.42 Å². The lowest BCUT2D eigenvalue weighted by molar-refractivity contribution is 0.167. The first-order valence-corrected chi connectivity index (χ1v) is 5.12. The summed E-state index contributed by atoms with van der Waals surface area (Å²) in [4.78, 5) is 8.82. The maximum absolute atomic E-state index is 10.7. The number of nitrogens with one attached hydrogen (secondary N) is 1. The fourth-order valence-electron chi connectivity index (χ4n) is 0.313. The van der Waals surface area contributed by atoms with Crippen LogP contribution in [0.25, 0.3) is 0 Å². The van der Waals surface area contributed by atoms with Gasteiger partial charge < -0.3 is 4.89 Å². The molecule has 4 nitrogen and oxygen atoms in total. The second kappa shape index (κ2) is 4.85. The van der Waals surface area contributed by atoms with Gasteiger partial charge in [0.2, 0.25) is 0 Å². The van der Waals surface area contributed by atoms with E-state index >= 15 is 0 Å². The quantitative estimate of drug-likeness (QED) is 0.366. The maximum Gasteiger partial charge on any atom is 0.344 e. The van der Waals surface area contributed by atoms with Gasteiger partial charge in [0.1, 0.15) is 0 Å². The Morgan fingerprint density at radius 1 is 1.60 bits per heavy atom. The van der Waals surface area contributed by atoms with Crippen molar-refractivity contribution >= 4 is 7.60 Å². The van der Waals surface area contributed by atoms with E-state index in [0.29, 0.717) is 6.54 Å². The molecule has 0 amide bonds. The molecule has 10 heavy (non-hydrogen) atoms. The monoisotopic (exact) mass is 167 g/mol. The highest BCUT2D eigenvalue weighted by atomic mass is 31.2. The Bertz CT molecular complexity index is 128. The largest absolute Gasteiger partial charge is 0.344 e. The van der Waals surface area contributed by atoms with Crippen LogP contribution in [0.5, 0.6) is 0 Å². The molecular weight excluding hydrogens is 153 g/mol. The highest BCUT2D eigenvalue weighted by molar-refractivity contribution is 7.52. The predicted octanol–water partition coefficient (Wildman–Crippen LogP) is 1.12. The van der Waals surface area contributed by atoms with Crippen LogP contribution < -0.4 is 5.48 Å². The summed E-state index contributed by atoms with van der Waals surface area (Å²) < 4.78 is 15.2. The van der Waals surface area contributed by atoms with Crippen LogP contribution in [-0.2, 0) is 9.19 Å². The third-order valence-corrected chi connectivity index (χ3v) is 2.17. The van der Waals surface area contributed by atoms with Crippen LogP contribution in [0.3, 0.4) is 0 Å². The highest BCUT2D eigenvalue weighted by Crippen LogP contribution is 2.39. The lowest BCUT2D eigenvalue weighted by Crippen LogP contribution is -2.13.